The maximum Gasteiger partial charge on any atom is 0.225 e. The van der Waals surface area contributed by atoms with Gasteiger partial charge in [-0.05, 0) is 45.0 Å². The molecule has 2 aromatic heterocycles. The number of anilines is 3. The highest BCUT2D eigenvalue weighted by Crippen LogP contribution is 2.24. The van der Waals surface area contributed by atoms with Gasteiger partial charge >= 0.3 is 0 Å². The molecule has 0 aliphatic heterocycles. The first-order chi connectivity index (χ1) is 11.5. The van der Waals surface area contributed by atoms with E-state index in [0.29, 0.717) is 5.95 Å². The lowest BCUT2D eigenvalue weighted by Gasteiger charge is -2.21. The SMILES string of the molecule is CC(C)(C)Nc1nc(Nc2ccccc2)cc(-c2cccnc2)n1. The molecule has 0 fully saturated rings. The summed E-state index contributed by atoms with van der Waals surface area (Å²) in [5.74, 6) is 1.32. The Labute approximate surface area is 142 Å². The topological polar surface area (TPSA) is 62.7 Å². The third kappa shape index (κ3) is 4.29. The fourth-order valence-electron chi connectivity index (χ4n) is 2.23. The summed E-state index contributed by atoms with van der Waals surface area (Å²) < 4.78 is 0. The zero-order valence-electron chi connectivity index (χ0n) is 14.1. The summed E-state index contributed by atoms with van der Waals surface area (Å²) in [5, 5.41) is 6.66. The molecule has 0 spiro atoms. The predicted molar refractivity (Wildman–Crippen MR) is 98.4 cm³/mol. The number of hydrogen-bond donors (Lipinski definition) is 2. The van der Waals surface area contributed by atoms with Gasteiger partial charge < -0.3 is 10.6 Å². The van der Waals surface area contributed by atoms with Crippen LogP contribution in [0.2, 0.25) is 0 Å². The van der Waals surface area contributed by atoms with E-state index in [1.54, 1.807) is 12.4 Å². The Morgan fingerprint density at radius 2 is 1.71 bits per heavy atom. The minimum Gasteiger partial charge on any atom is -0.350 e. The normalized spacial score (nSPS) is 11.1. The highest BCUT2D eigenvalue weighted by molar-refractivity contribution is 5.66. The molecule has 122 valence electrons. The van der Waals surface area contributed by atoms with Gasteiger partial charge in [0.15, 0.2) is 0 Å². The Hall–Kier alpha value is -2.95. The van der Waals surface area contributed by atoms with Crippen LogP contribution in [-0.2, 0) is 0 Å². The van der Waals surface area contributed by atoms with Crippen molar-refractivity contribution in [3.8, 4) is 11.3 Å². The molecule has 0 aliphatic rings. The maximum absolute atomic E-state index is 4.63. The molecule has 0 bridgehead atoms. The van der Waals surface area contributed by atoms with Crippen molar-refractivity contribution in [3.63, 3.8) is 0 Å². The molecular weight excluding hydrogens is 298 g/mol. The van der Waals surface area contributed by atoms with Crippen molar-refractivity contribution in [1.29, 1.82) is 0 Å². The van der Waals surface area contributed by atoms with Gasteiger partial charge in [0, 0.05) is 35.2 Å². The number of nitrogens with one attached hydrogen (secondary N) is 2. The second-order valence-electron chi connectivity index (χ2n) is 6.57. The van der Waals surface area contributed by atoms with Crippen LogP contribution in [0.5, 0.6) is 0 Å². The number of benzene rings is 1. The van der Waals surface area contributed by atoms with Crippen molar-refractivity contribution in [2.45, 2.75) is 26.3 Å². The summed E-state index contributed by atoms with van der Waals surface area (Å²) in [5.41, 5.74) is 2.63. The van der Waals surface area contributed by atoms with Crippen LogP contribution in [0, 0.1) is 0 Å². The van der Waals surface area contributed by atoms with E-state index < -0.39 is 0 Å². The van der Waals surface area contributed by atoms with Crippen LogP contribution < -0.4 is 10.6 Å². The first-order valence-corrected chi connectivity index (χ1v) is 7.89. The van der Waals surface area contributed by atoms with Crippen LogP contribution in [0.25, 0.3) is 11.3 Å². The molecule has 5 nitrogen and oxygen atoms in total. The van der Waals surface area contributed by atoms with Crippen molar-refractivity contribution in [2.75, 3.05) is 10.6 Å². The third-order valence-electron chi connectivity index (χ3n) is 3.22. The van der Waals surface area contributed by atoms with Crippen LogP contribution >= 0.6 is 0 Å². The summed E-state index contributed by atoms with van der Waals surface area (Å²) >= 11 is 0. The highest BCUT2D eigenvalue weighted by Gasteiger charge is 2.14. The van der Waals surface area contributed by atoms with Crippen LogP contribution in [0.1, 0.15) is 20.8 Å². The Kier molecular flexibility index (Phi) is 4.42. The van der Waals surface area contributed by atoms with Gasteiger partial charge in [-0.15, -0.1) is 0 Å². The fourth-order valence-corrected chi connectivity index (χ4v) is 2.23. The molecule has 24 heavy (non-hydrogen) atoms. The average molecular weight is 319 g/mol. The maximum atomic E-state index is 4.63. The van der Waals surface area contributed by atoms with Gasteiger partial charge in [-0.3, -0.25) is 4.98 Å². The highest BCUT2D eigenvalue weighted by atomic mass is 15.2. The van der Waals surface area contributed by atoms with Crippen molar-refractivity contribution in [1.82, 2.24) is 15.0 Å². The van der Waals surface area contributed by atoms with E-state index in [0.717, 1.165) is 22.8 Å². The Balaban J connectivity index is 1.99. The van der Waals surface area contributed by atoms with E-state index in [2.05, 4.69) is 46.4 Å². The predicted octanol–water partition coefficient (Wildman–Crippen LogP) is 4.49. The number of aromatic nitrogens is 3. The first kappa shape index (κ1) is 15.9. The summed E-state index contributed by atoms with van der Waals surface area (Å²) in [7, 11) is 0. The van der Waals surface area contributed by atoms with Gasteiger partial charge in [0.05, 0.1) is 5.69 Å². The zero-order valence-corrected chi connectivity index (χ0v) is 14.1. The van der Waals surface area contributed by atoms with Gasteiger partial charge in [0.25, 0.3) is 0 Å². The monoisotopic (exact) mass is 319 g/mol. The molecule has 1 aromatic carbocycles. The molecule has 0 amide bonds. The first-order valence-electron chi connectivity index (χ1n) is 7.89. The van der Waals surface area contributed by atoms with Crippen molar-refractivity contribution in [3.05, 3.63) is 60.9 Å². The van der Waals surface area contributed by atoms with Gasteiger partial charge in [0.1, 0.15) is 5.82 Å². The number of pyridine rings is 1. The minimum absolute atomic E-state index is 0.127. The molecular formula is C19H21N5. The second kappa shape index (κ2) is 6.66. The number of hydrogen-bond acceptors (Lipinski definition) is 5. The lowest BCUT2D eigenvalue weighted by molar-refractivity contribution is 0.626. The van der Waals surface area contributed by atoms with Crippen molar-refractivity contribution in [2.24, 2.45) is 0 Å². The van der Waals surface area contributed by atoms with Crippen LogP contribution in [-0.4, -0.2) is 20.5 Å². The summed E-state index contributed by atoms with van der Waals surface area (Å²) in [6.07, 6.45) is 3.55. The molecule has 0 radical (unpaired) electrons. The molecule has 0 saturated heterocycles. The van der Waals surface area contributed by atoms with E-state index in [1.807, 2.05) is 48.5 Å². The summed E-state index contributed by atoms with van der Waals surface area (Å²) in [4.78, 5) is 13.4. The smallest absolute Gasteiger partial charge is 0.225 e. The molecule has 0 atom stereocenters. The Morgan fingerprint density at radius 1 is 0.917 bits per heavy atom. The second-order valence-corrected chi connectivity index (χ2v) is 6.57. The lowest BCUT2D eigenvalue weighted by atomic mass is 10.1. The molecule has 0 unspecified atom stereocenters. The standard InChI is InChI=1S/C19H21N5/c1-19(2,3)24-18-22-16(14-8-7-11-20-13-14)12-17(23-18)21-15-9-5-4-6-10-15/h4-13H,1-3H3,(H2,21,22,23,24). The van der Waals surface area contributed by atoms with Crippen molar-refractivity contribution >= 4 is 17.5 Å². The van der Waals surface area contributed by atoms with E-state index >= 15 is 0 Å². The van der Waals surface area contributed by atoms with E-state index in [1.165, 1.54) is 0 Å². The Morgan fingerprint density at radius 3 is 2.38 bits per heavy atom. The molecule has 3 rings (SSSR count). The molecule has 5 heteroatoms. The van der Waals surface area contributed by atoms with Crippen molar-refractivity contribution < 1.29 is 0 Å². The zero-order chi connectivity index (χ0) is 17.0. The largest absolute Gasteiger partial charge is 0.350 e. The molecule has 2 heterocycles. The van der Waals surface area contributed by atoms with E-state index in [4.69, 9.17) is 0 Å². The molecule has 0 aliphatic carbocycles. The van der Waals surface area contributed by atoms with Gasteiger partial charge in [0.2, 0.25) is 5.95 Å². The number of nitrogens with zero attached hydrogens (tertiary/aromatic N) is 3. The van der Waals surface area contributed by atoms with Gasteiger partial charge in [-0.1, -0.05) is 18.2 Å². The number of para-hydroxylation sites is 1. The van der Waals surface area contributed by atoms with Gasteiger partial charge in [-0.2, -0.15) is 4.98 Å². The molecule has 2 N–H and O–H groups in total. The van der Waals surface area contributed by atoms with E-state index in [9.17, 15) is 0 Å². The minimum atomic E-state index is -0.127. The summed E-state index contributed by atoms with van der Waals surface area (Å²) in [6, 6.07) is 15.8. The quantitative estimate of drug-likeness (QED) is 0.741. The lowest BCUT2D eigenvalue weighted by Crippen LogP contribution is -2.27. The molecule has 3 aromatic rings. The van der Waals surface area contributed by atoms with E-state index in [-0.39, 0.29) is 5.54 Å². The average Bonchev–Trinajstić information content (AvgIpc) is 2.55. The van der Waals surface area contributed by atoms with Crippen LogP contribution in [0.4, 0.5) is 17.5 Å². The number of rotatable bonds is 4. The fraction of sp³-hybridized carbons (Fsp3) is 0.211. The van der Waals surface area contributed by atoms with Crippen LogP contribution in [0.3, 0.4) is 0 Å². The van der Waals surface area contributed by atoms with Crippen LogP contribution in [0.15, 0.2) is 60.9 Å². The molecule has 0 saturated carbocycles. The summed E-state index contributed by atoms with van der Waals surface area (Å²) in [6.45, 7) is 6.24. The Bertz CT molecular complexity index is 795. The third-order valence-corrected chi connectivity index (χ3v) is 3.22. The van der Waals surface area contributed by atoms with Gasteiger partial charge in [-0.25, -0.2) is 4.98 Å².